The lowest BCUT2D eigenvalue weighted by molar-refractivity contribution is 0.368. The molecule has 0 saturated heterocycles. The third-order valence-electron chi connectivity index (χ3n) is 2.54. The molecule has 0 aromatic heterocycles. The second-order valence-electron chi connectivity index (χ2n) is 4.84. The molecule has 90 valence electrons. The number of aromatic hydroxyl groups is 1. The Balaban J connectivity index is 3.11. The number of nitrogens with zero attached hydrogens (tertiary/aromatic N) is 2. The monoisotopic (exact) mass is 222 g/mol. The van der Waals surface area contributed by atoms with E-state index < -0.39 is 0 Å². The molecule has 0 aliphatic carbocycles. The third-order valence-corrected chi connectivity index (χ3v) is 2.54. The summed E-state index contributed by atoms with van der Waals surface area (Å²) in [6.45, 7) is 3.57. The van der Waals surface area contributed by atoms with Crippen LogP contribution in [0.4, 0.5) is 0 Å². The first-order chi connectivity index (χ1) is 7.41. The number of hydrogen-bond donors (Lipinski definition) is 1. The Bertz CT molecular complexity index is 359. The van der Waals surface area contributed by atoms with E-state index in [1.807, 2.05) is 41.2 Å². The second-order valence-corrected chi connectivity index (χ2v) is 4.84. The van der Waals surface area contributed by atoms with Gasteiger partial charge >= 0.3 is 0 Å². The number of aryl methyl sites for hydroxylation is 1. The van der Waals surface area contributed by atoms with E-state index >= 15 is 0 Å². The predicted octanol–water partition coefficient (Wildman–Crippen LogP) is 1.82. The molecule has 0 atom stereocenters. The summed E-state index contributed by atoms with van der Waals surface area (Å²) in [5.74, 6) is 0.438. The van der Waals surface area contributed by atoms with Crippen LogP contribution in [0, 0.1) is 6.92 Å². The van der Waals surface area contributed by atoms with Gasteiger partial charge in [0.1, 0.15) is 5.75 Å². The van der Waals surface area contributed by atoms with Crippen molar-refractivity contribution in [3.63, 3.8) is 0 Å². The lowest BCUT2D eigenvalue weighted by Crippen LogP contribution is -2.17. The van der Waals surface area contributed by atoms with Gasteiger partial charge in [-0.1, -0.05) is 12.1 Å². The molecule has 0 spiro atoms. The van der Waals surface area contributed by atoms with Gasteiger partial charge in [0.05, 0.1) is 0 Å². The Kier molecular flexibility index (Phi) is 4.33. The molecule has 16 heavy (non-hydrogen) atoms. The molecule has 0 radical (unpaired) electrons. The van der Waals surface area contributed by atoms with Crippen molar-refractivity contribution in [2.45, 2.75) is 20.0 Å². The summed E-state index contributed by atoms with van der Waals surface area (Å²) < 4.78 is 0. The maximum Gasteiger partial charge on any atom is 0.123 e. The Morgan fingerprint density at radius 2 is 1.56 bits per heavy atom. The average molecular weight is 222 g/mol. The summed E-state index contributed by atoms with van der Waals surface area (Å²) in [7, 11) is 8.11. The quantitative estimate of drug-likeness (QED) is 0.842. The first kappa shape index (κ1) is 13.0. The fourth-order valence-electron chi connectivity index (χ4n) is 1.78. The van der Waals surface area contributed by atoms with Crippen LogP contribution in [-0.2, 0) is 13.1 Å². The largest absolute Gasteiger partial charge is 0.507 e. The molecule has 1 rings (SSSR count). The molecule has 0 unspecified atom stereocenters. The molecule has 0 aliphatic rings. The van der Waals surface area contributed by atoms with Crippen molar-refractivity contribution in [2.24, 2.45) is 0 Å². The molecule has 3 heteroatoms. The van der Waals surface area contributed by atoms with Crippen molar-refractivity contribution in [3.8, 4) is 5.75 Å². The van der Waals surface area contributed by atoms with Crippen LogP contribution >= 0.6 is 0 Å². The Labute approximate surface area is 98.3 Å². The van der Waals surface area contributed by atoms with Crippen molar-refractivity contribution in [1.82, 2.24) is 9.80 Å². The topological polar surface area (TPSA) is 26.7 Å². The van der Waals surface area contributed by atoms with E-state index in [4.69, 9.17) is 0 Å². The average Bonchev–Trinajstić information content (AvgIpc) is 2.16. The van der Waals surface area contributed by atoms with Gasteiger partial charge in [0.15, 0.2) is 0 Å². The maximum atomic E-state index is 10.1. The molecular weight excluding hydrogens is 200 g/mol. The minimum Gasteiger partial charge on any atom is -0.507 e. The van der Waals surface area contributed by atoms with E-state index in [0.717, 1.165) is 24.2 Å². The molecule has 3 nitrogen and oxygen atoms in total. The van der Waals surface area contributed by atoms with E-state index in [9.17, 15) is 5.11 Å². The summed E-state index contributed by atoms with van der Waals surface area (Å²) in [6, 6.07) is 4.08. The van der Waals surface area contributed by atoms with E-state index in [1.54, 1.807) is 0 Å². The standard InChI is InChI=1S/C13H22N2O/c1-10-6-7-11(8-14(2)3)12(13(10)16)9-15(4)5/h6-7,16H,8-9H2,1-5H3. The van der Waals surface area contributed by atoms with Crippen molar-refractivity contribution in [2.75, 3.05) is 28.2 Å². The van der Waals surface area contributed by atoms with Crippen LogP contribution < -0.4 is 0 Å². The molecule has 1 aromatic rings. The Hall–Kier alpha value is -1.06. The number of rotatable bonds is 4. The highest BCUT2D eigenvalue weighted by Gasteiger charge is 2.11. The van der Waals surface area contributed by atoms with Crippen molar-refractivity contribution in [3.05, 3.63) is 28.8 Å². The van der Waals surface area contributed by atoms with Gasteiger partial charge in [-0.3, -0.25) is 0 Å². The molecule has 0 aliphatic heterocycles. The van der Waals surface area contributed by atoms with E-state index in [-0.39, 0.29) is 0 Å². The van der Waals surface area contributed by atoms with Crippen LogP contribution in [0.25, 0.3) is 0 Å². The number of phenolic OH excluding ortho intramolecular Hbond substituents is 1. The summed E-state index contributed by atoms with van der Waals surface area (Å²) >= 11 is 0. The molecule has 0 fully saturated rings. The lowest BCUT2D eigenvalue weighted by Gasteiger charge is -2.19. The molecule has 1 N–H and O–H groups in total. The van der Waals surface area contributed by atoms with Crippen molar-refractivity contribution < 1.29 is 5.11 Å². The van der Waals surface area contributed by atoms with Crippen LogP contribution in [0.2, 0.25) is 0 Å². The smallest absolute Gasteiger partial charge is 0.123 e. The Morgan fingerprint density at radius 1 is 1.00 bits per heavy atom. The third kappa shape index (κ3) is 3.22. The number of phenols is 1. The van der Waals surface area contributed by atoms with Crippen LogP contribution in [-0.4, -0.2) is 43.1 Å². The number of benzene rings is 1. The van der Waals surface area contributed by atoms with Gasteiger partial charge in [-0.05, 0) is 46.2 Å². The SMILES string of the molecule is Cc1ccc(CN(C)C)c(CN(C)C)c1O. The van der Waals surface area contributed by atoms with Crippen LogP contribution in [0.3, 0.4) is 0 Å². The summed E-state index contributed by atoms with van der Waals surface area (Å²) in [4.78, 5) is 4.19. The fraction of sp³-hybridized carbons (Fsp3) is 0.538. The minimum absolute atomic E-state index is 0.438. The molecule has 0 heterocycles. The fourth-order valence-corrected chi connectivity index (χ4v) is 1.78. The minimum atomic E-state index is 0.438. The van der Waals surface area contributed by atoms with Crippen LogP contribution in [0.1, 0.15) is 16.7 Å². The molecular formula is C13H22N2O. The zero-order chi connectivity index (χ0) is 12.3. The van der Waals surface area contributed by atoms with Gasteiger partial charge < -0.3 is 14.9 Å². The Morgan fingerprint density at radius 3 is 2.06 bits per heavy atom. The number of hydrogen-bond acceptors (Lipinski definition) is 3. The van der Waals surface area contributed by atoms with Gasteiger partial charge in [-0.2, -0.15) is 0 Å². The molecule has 1 aromatic carbocycles. The van der Waals surface area contributed by atoms with Gasteiger partial charge in [0, 0.05) is 18.7 Å². The molecule has 0 bridgehead atoms. The van der Waals surface area contributed by atoms with Crippen LogP contribution in [0.5, 0.6) is 5.75 Å². The normalized spacial score (nSPS) is 11.4. The molecule has 0 amide bonds. The predicted molar refractivity (Wildman–Crippen MR) is 67.6 cm³/mol. The van der Waals surface area contributed by atoms with Crippen molar-refractivity contribution in [1.29, 1.82) is 0 Å². The summed E-state index contributed by atoms with van der Waals surface area (Å²) in [5.41, 5.74) is 3.18. The van der Waals surface area contributed by atoms with Gasteiger partial charge in [0.2, 0.25) is 0 Å². The van der Waals surface area contributed by atoms with Gasteiger partial charge in [0.25, 0.3) is 0 Å². The zero-order valence-electron chi connectivity index (χ0n) is 10.9. The van der Waals surface area contributed by atoms with E-state index in [0.29, 0.717) is 5.75 Å². The zero-order valence-corrected chi connectivity index (χ0v) is 10.9. The van der Waals surface area contributed by atoms with E-state index in [2.05, 4.69) is 15.9 Å². The lowest BCUT2D eigenvalue weighted by atomic mass is 10.0. The summed E-state index contributed by atoms with van der Waals surface area (Å²) in [6.07, 6.45) is 0. The van der Waals surface area contributed by atoms with Gasteiger partial charge in [-0.15, -0.1) is 0 Å². The maximum absolute atomic E-state index is 10.1. The highest BCUT2D eigenvalue weighted by Crippen LogP contribution is 2.27. The van der Waals surface area contributed by atoms with Crippen LogP contribution in [0.15, 0.2) is 12.1 Å². The second kappa shape index (κ2) is 5.32. The van der Waals surface area contributed by atoms with E-state index in [1.165, 1.54) is 5.56 Å². The first-order valence-corrected chi connectivity index (χ1v) is 5.51. The highest BCUT2D eigenvalue weighted by molar-refractivity contribution is 5.44. The highest BCUT2D eigenvalue weighted by atomic mass is 16.3. The molecule has 0 saturated carbocycles. The van der Waals surface area contributed by atoms with Gasteiger partial charge in [-0.25, -0.2) is 0 Å². The first-order valence-electron chi connectivity index (χ1n) is 5.51. The summed E-state index contributed by atoms with van der Waals surface area (Å²) in [5, 5.41) is 10.1. The van der Waals surface area contributed by atoms with Crippen molar-refractivity contribution >= 4 is 0 Å².